The zero-order chi connectivity index (χ0) is 22.7. The number of nitrogens with one attached hydrogen (secondary N) is 1. The molecule has 0 unspecified atom stereocenters. The van der Waals surface area contributed by atoms with Crippen LogP contribution in [0.2, 0.25) is 0 Å². The molecule has 9 heteroatoms. The van der Waals surface area contributed by atoms with Gasteiger partial charge in [0.25, 0.3) is 5.91 Å². The minimum Gasteiger partial charge on any atom is -0.454 e. The number of amides is 3. The van der Waals surface area contributed by atoms with Crippen molar-refractivity contribution in [2.24, 2.45) is 5.92 Å². The molecule has 2 atom stereocenters. The van der Waals surface area contributed by atoms with E-state index in [1.54, 1.807) is 30.1 Å². The lowest BCUT2D eigenvalue weighted by Crippen LogP contribution is -2.49. The molecule has 174 valence electrons. The normalized spacial score (nSPS) is 24.5. The molecule has 0 bridgehead atoms. The van der Waals surface area contributed by atoms with Gasteiger partial charge in [-0.15, -0.1) is 0 Å². The first-order valence-electron chi connectivity index (χ1n) is 11.3. The summed E-state index contributed by atoms with van der Waals surface area (Å²) in [5, 5.41) is 3.06. The van der Waals surface area contributed by atoms with Crippen LogP contribution in [0.15, 0.2) is 18.2 Å². The highest BCUT2D eigenvalue weighted by Gasteiger charge is 2.31. The van der Waals surface area contributed by atoms with Crippen molar-refractivity contribution < 1.29 is 23.9 Å². The molecule has 3 amide bonds. The Bertz CT molecular complexity index is 868. The smallest absolute Gasteiger partial charge is 0.251 e. The molecule has 0 radical (unpaired) electrons. The molecule has 2 fully saturated rings. The molecule has 1 aromatic rings. The summed E-state index contributed by atoms with van der Waals surface area (Å²) in [6.45, 7) is 3.73. The lowest BCUT2D eigenvalue weighted by molar-refractivity contribution is -0.142. The van der Waals surface area contributed by atoms with E-state index in [1.807, 2.05) is 4.90 Å². The minimum absolute atomic E-state index is 0.0540. The molecule has 32 heavy (non-hydrogen) atoms. The summed E-state index contributed by atoms with van der Waals surface area (Å²) in [5.74, 6) is 0.717. The molecule has 3 aliphatic rings. The molecule has 4 rings (SSSR count). The van der Waals surface area contributed by atoms with Crippen molar-refractivity contribution in [2.75, 3.05) is 53.6 Å². The van der Waals surface area contributed by atoms with E-state index in [-0.39, 0.29) is 42.9 Å². The molecule has 0 saturated carbocycles. The summed E-state index contributed by atoms with van der Waals surface area (Å²) in [6, 6.07) is 4.92. The fourth-order valence-corrected chi connectivity index (χ4v) is 4.52. The minimum atomic E-state index is -0.295. The van der Waals surface area contributed by atoms with Crippen LogP contribution in [0.5, 0.6) is 11.5 Å². The number of fused-ring (bicyclic) bond motifs is 1. The molecule has 1 N–H and O–H groups in total. The van der Waals surface area contributed by atoms with Crippen molar-refractivity contribution in [3.8, 4) is 11.5 Å². The fraction of sp³-hybridized carbons (Fsp3) is 0.609. The van der Waals surface area contributed by atoms with E-state index in [2.05, 4.69) is 17.3 Å². The number of rotatable bonds is 3. The first-order valence-corrected chi connectivity index (χ1v) is 11.3. The molecule has 1 aromatic carbocycles. The van der Waals surface area contributed by atoms with Crippen LogP contribution in [0.25, 0.3) is 0 Å². The first kappa shape index (κ1) is 22.4. The average molecular weight is 445 g/mol. The number of hydrogen-bond acceptors (Lipinski definition) is 6. The summed E-state index contributed by atoms with van der Waals surface area (Å²) < 4.78 is 10.7. The maximum Gasteiger partial charge on any atom is 0.251 e. The van der Waals surface area contributed by atoms with E-state index in [9.17, 15) is 14.4 Å². The van der Waals surface area contributed by atoms with Crippen molar-refractivity contribution in [3.63, 3.8) is 0 Å². The summed E-state index contributed by atoms with van der Waals surface area (Å²) in [6.07, 6.45) is 2.36. The Balaban J connectivity index is 1.37. The monoisotopic (exact) mass is 444 g/mol. The fourth-order valence-electron chi connectivity index (χ4n) is 4.52. The first-order chi connectivity index (χ1) is 15.4. The van der Waals surface area contributed by atoms with Gasteiger partial charge in [0.1, 0.15) is 0 Å². The quantitative estimate of drug-likeness (QED) is 0.746. The number of carbonyl (C=O) groups is 3. The molecule has 0 aromatic heterocycles. The zero-order valence-electron chi connectivity index (χ0n) is 18.8. The summed E-state index contributed by atoms with van der Waals surface area (Å²) in [5.41, 5.74) is 0.492. The Morgan fingerprint density at radius 3 is 2.56 bits per heavy atom. The van der Waals surface area contributed by atoms with Crippen LogP contribution in [-0.2, 0) is 9.59 Å². The van der Waals surface area contributed by atoms with Crippen LogP contribution >= 0.6 is 0 Å². The van der Waals surface area contributed by atoms with Crippen molar-refractivity contribution in [3.05, 3.63) is 23.8 Å². The van der Waals surface area contributed by atoms with Crippen LogP contribution < -0.4 is 14.8 Å². The number of piperazine rings is 1. The Morgan fingerprint density at radius 1 is 1.03 bits per heavy atom. The second-order valence-electron chi connectivity index (χ2n) is 8.97. The molecular weight excluding hydrogens is 412 g/mol. The Labute approximate surface area is 188 Å². The summed E-state index contributed by atoms with van der Waals surface area (Å²) >= 11 is 0. The van der Waals surface area contributed by atoms with Crippen molar-refractivity contribution in [1.29, 1.82) is 0 Å². The Kier molecular flexibility index (Phi) is 6.83. The molecule has 2 saturated heterocycles. The topological polar surface area (TPSA) is 91.4 Å². The van der Waals surface area contributed by atoms with Gasteiger partial charge in [0, 0.05) is 63.7 Å². The van der Waals surface area contributed by atoms with Crippen molar-refractivity contribution in [2.45, 2.75) is 31.7 Å². The number of benzene rings is 1. The van der Waals surface area contributed by atoms with E-state index < -0.39 is 0 Å². The van der Waals surface area contributed by atoms with Crippen molar-refractivity contribution >= 4 is 17.7 Å². The van der Waals surface area contributed by atoms with Crippen LogP contribution in [0.1, 0.15) is 36.0 Å². The standard InChI is InChI=1S/C23H32N4O5/c1-25-8-10-27(11-9-25)23(30)17-4-3-5-18(14-26(2)21(28)13-17)24-22(29)16-6-7-19-20(12-16)32-15-31-19/h6-7,12,17-18H,3-5,8-11,13-15H2,1-2H3,(H,24,29)/t17-,18-/m1/s1. The van der Waals surface area contributed by atoms with Gasteiger partial charge in [-0.3, -0.25) is 14.4 Å². The molecule has 3 heterocycles. The van der Waals surface area contributed by atoms with Crippen LogP contribution in [-0.4, -0.2) is 92.1 Å². The van der Waals surface area contributed by atoms with E-state index >= 15 is 0 Å². The van der Waals surface area contributed by atoms with Crippen molar-refractivity contribution in [1.82, 2.24) is 20.0 Å². The van der Waals surface area contributed by atoms with E-state index in [0.717, 1.165) is 19.5 Å². The van der Waals surface area contributed by atoms with Gasteiger partial charge in [-0.05, 0) is 38.1 Å². The molecular formula is C23H32N4O5. The third-order valence-electron chi connectivity index (χ3n) is 6.58. The second kappa shape index (κ2) is 9.77. The maximum atomic E-state index is 13.1. The highest BCUT2D eigenvalue weighted by atomic mass is 16.7. The van der Waals surface area contributed by atoms with Gasteiger partial charge in [0.2, 0.25) is 18.6 Å². The van der Waals surface area contributed by atoms with Crippen LogP contribution in [0.3, 0.4) is 0 Å². The van der Waals surface area contributed by atoms with Gasteiger partial charge in [-0.25, -0.2) is 0 Å². The number of nitrogens with zero attached hydrogens (tertiary/aromatic N) is 3. The molecule has 9 nitrogen and oxygen atoms in total. The van der Waals surface area contributed by atoms with Gasteiger partial charge >= 0.3 is 0 Å². The summed E-state index contributed by atoms with van der Waals surface area (Å²) in [4.78, 5) is 44.4. The lowest BCUT2D eigenvalue weighted by Gasteiger charge is -2.34. The second-order valence-corrected chi connectivity index (χ2v) is 8.97. The lowest BCUT2D eigenvalue weighted by atomic mass is 9.95. The largest absolute Gasteiger partial charge is 0.454 e. The number of likely N-dealkylation sites (N-methyl/N-ethyl adjacent to an activating group) is 2. The van der Waals surface area contributed by atoms with Crippen LogP contribution in [0, 0.1) is 5.92 Å². The van der Waals surface area contributed by atoms with Crippen LogP contribution in [0.4, 0.5) is 0 Å². The highest BCUT2D eigenvalue weighted by Crippen LogP contribution is 2.32. The average Bonchev–Trinajstić information content (AvgIpc) is 3.27. The maximum absolute atomic E-state index is 13.1. The molecule has 0 aliphatic carbocycles. The molecule has 0 spiro atoms. The predicted octanol–water partition coefficient (Wildman–Crippen LogP) is 0.936. The molecule has 3 aliphatic heterocycles. The third-order valence-corrected chi connectivity index (χ3v) is 6.58. The summed E-state index contributed by atoms with van der Waals surface area (Å²) in [7, 11) is 3.79. The SMILES string of the molecule is CN1CCN(C(=O)[C@@H]2CCC[C@@H](NC(=O)c3ccc4c(c3)OCO4)CN(C)C(=O)C2)CC1. The third kappa shape index (κ3) is 5.15. The number of hydrogen-bond donors (Lipinski definition) is 1. The van der Waals surface area contributed by atoms with E-state index in [4.69, 9.17) is 9.47 Å². The zero-order valence-corrected chi connectivity index (χ0v) is 18.8. The van der Waals surface area contributed by atoms with E-state index in [1.165, 1.54) is 0 Å². The van der Waals surface area contributed by atoms with Gasteiger partial charge in [-0.2, -0.15) is 0 Å². The Hall–Kier alpha value is -2.81. The number of carbonyl (C=O) groups excluding carboxylic acids is 3. The van der Waals surface area contributed by atoms with Gasteiger partial charge in [-0.1, -0.05) is 6.42 Å². The predicted molar refractivity (Wildman–Crippen MR) is 117 cm³/mol. The Morgan fingerprint density at radius 2 is 1.78 bits per heavy atom. The van der Waals surface area contributed by atoms with Gasteiger partial charge in [0.15, 0.2) is 11.5 Å². The highest BCUT2D eigenvalue weighted by molar-refractivity contribution is 5.95. The van der Waals surface area contributed by atoms with Gasteiger partial charge in [0.05, 0.1) is 0 Å². The van der Waals surface area contributed by atoms with Gasteiger partial charge < -0.3 is 29.5 Å². The number of ether oxygens (including phenoxy) is 2. The van der Waals surface area contributed by atoms with E-state index in [0.29, 0.717) is 49.5 Å².